The molecular formula is C12H17NO2S. The van der Waals surface area contributed by atoms with Crippen molar-refractivity contribution in [1.29, 1.82) is 0 Å². The molecule has 0 amide bonds. The fourth-order valence-corrected chi connectivity index (χ4v) is 1.97. The van der Waals surface area contributed by atoms with Gasteiger partial charge in [0.1, 0.15) is 5.75 Å². The molecule has 0 saturated carbocycles. The average molecular weight is 239 g/mol. The third-order valence-corrected chi connectivity index (χ3v) is 3.18. The number of ether oxygens (including phenoxy) is 1. The number of phenolic OH excluding ortho intramolecular Hbond substituents is 1. The lowest BCUT2D eigenvalue weighted by molar-refractivity contribution is 0.285. The standard InChI is InChI=1S/C12H17NO2S/c1-9(15-2)7-10-3-4-12(11(14)8-10)16-6-5-13/h3-4,8,14H,1,5-7,13H2,2H3. The van der Waals surface area contributed by atoms with Crippen LogP contribution >= 0.6 is 11.8 Å². The molecule has 1 aromatic carbocycles. The minimum absolute atomic E-state index is 0.292. The molecule has 88 valence electrons. The Morgan fingerprint density at radius 3 is 2.88 bits per heavy atom. The molecular weight excluding hydrogens is 222 g/mol. The highest BCUT2D eigenvalue weighted by molar-refractivity contribution is 7.99. The van der Waals surface area contributed by atoms with Gasteiger partial charge in [-0.05, 0) is 17.7 Å². The maximum absolute atomic E-state index is 9.77. The highest BCUT2D eigenvalue weighted by atomic mass is 32.2. The van der Waals surface area contributed by atoms with E-state index in [-0.39, 0.29) is 0 Å². The minimum Gasteiger partial charge on any atom is -0.507 e. The van der Waals surface area contributed by atoms with Crippen molar-refractivity contribution >= 4 is 11.8 Å². The Labute approximate surface area is 100 Å². The molecule has 0 aliphatic carbocycles. The number of hydrogen-bond acceptors (Lipinski definition) is 4. The summed E-state index contributed by atoms with van der Waals surface area (Å²) in [6, 6.07) is 5.60. The van der Waals surface area contributed by atoms with Crippen molar-refractivity contribution in [3.63, 3.8) is 0 Å². The van der Waals surface area contributed by atoms with Crippen molar-refractivity contribution in [2.24, 2.45) is 5.73 Å². The Bertz CT molecular complexity index is 366. The van der Waals surface area contributed by atoms with Gasteiger partial charge >= 0.3 is 0 Å². The lowest BCUT2D eigenvalue weighted by Crippen LogP contribution is -2.00. The van der Waals surface area contributed by atoms with Crippen LogP contribution in [0.5, 0.6) is 5.75 Å². The molecule has 3 nitrogen and oxygen atoms in total. The second kappa shape index (κ2) is 6.45. The Balaban J connectivity index is 2.70. The van der Waals surface area contributed by atoms with E-state index in [1.54, 1.807) is 24.9 Å². The first-order chi connectivity index (χ1) is 7.67. The van der Waals surface area contributed by atoms with Crippen LogP contribution in [-0.4, -0.2) is 24.5 Å². The zero-order chi connectivity index (χ0) is 12.0. The summed E-state index contributed by atoms with van der Waals surface area (Å²) >= 11 is 1.55. The van der Waals surface area contributed by atoms with Crippen LogP contribution in [0.4, 0.5) is 0 Å². The second-order valence-corrected chi connectivity index (χ2v) is 4.50. The summed E-state index contributed by atoms with van der Waals surface area (Å²) in [6.07, 6.45) is 0.617. The molecule has 0 heterocycles. The van der Waals surface area contributed by atoms with E-state index in [9.17, 15) is 5.11 Å². The van der Waals surface area contributed by atoms with E-state index in [1.165, 1.54) is 0 Å². The van der Waals surface area contributed by atoms with Gasteiger partial charge in [0, 0.05) is 23.6 Å². The smallest absolute Gasteiger partial charge is 0.129 e. The van der Waals surface area contributed by atoms with Gasteiger partial charge in [-0.2, -0.15) is 0 Å². The first-order valence-corrected chi connectivity index (χ1v) is 6.02. The topological polar surface area (TPSA) is 55.5 Å². The largest absolute Gasteiger partial charge is 0.507 e. The Morgan fingerprint density at radius 2 is 2.31 bits per heavy atom. The fraction of sp³-hybridized carbons (Fsp3) is 0.333. The number of nitrogens with two attached hydrogens (primary N) is 1. The quantitative estimate of drug-likeness (QED) is 0.590. The molecule has 0 spiro atoms. The van der Waals surface area contributed by atoms with Crippen molar-refractivity contribution in [2.45, 2.75) is 11.3 Å². The molecule has 0 atom stereocenters. The van der Waals surface area contributed by atoms with E-state index < -0.39 is 0 Å². The number of allylic oxidation sites excluding steroid dienone is 1. The Morgan fingerprint density at radius 1 is 1.56 bits per heavy atom. The van der Waals surface area contributed by atoms with E-state index in [0.717, 1.165) is 16.2 Å². The van der Waals surface area contributed by atoms with Gasteiger partial charge in [0.15, 0.2) is 0 Å². The van der Waals surface area contributed by atoms with Crippen LogP contribution in [0.1, 0.15) is 5.56 Å². The number of benzene rings is 1. The second-order valence-electron chi connectivity index (χ2n) is 3.36. The summed E-state index contributed by atoms with van der Waals surface area (Å²) in [5.74, 6) is 1.78. The summed E-state index contributed by atoms with van der Waals surface area (Å²) in [5.41, 5.74) is 6.40. The van der Waals surface area contributed by atoms with Crippen LogP contribution in [-0.2, 0) is 11.2 Å². The van der Waals surface area contributed by atoms with Gasteiger partial charge in [-0.15, -0.1) is 11.8 Å². The summed E-state index contributed by atoms with van der Waals surface area (Å²) < 4.78 is 4.99. The molecule has 0 aliphatic heterocycles. The van der Waals surface area contributed by atoms with Gasteiger partial charge in [0.25, 0.3) is 0 Å². The number of thioether (sulfide) groups is 1. The maximum atomic E-state index is 9.77. The van der Waals surface area contributed by atoms with Crippen molar-refractivity contribution < 1.29 is 9.84 Å². The van der Waals surface area contributed by atoms with E-state index in [0.29, 0.717) is 24.5 Å². The summed E-state index contributed by atoms with van der Waals surface area (Å²) in [7, 11) is 1.59. The molecule has 3 N–H and O–H groups in total. The molecule has 4 heteroatoms. The molecule has 1 rings (SSSR count). The first-order valence-electron chi connectivity index (χ1n) is 5.04. The zero-order valence-electron chi connectivity index (χ0n) is 9.40. The van der Waals surface area contributed by atoms with E-state index in [1.807, 2.05) is 12.1 Å². The fourth-order valence-electron chi connectivity index (χ4n) is 1.26. The molecule has 0 aliphatic rings. The molecule has 1 aromatic rings. The van der Waals surface area contributed by atoms with Crippen LogP contribution in [0, 0.1) is 0 Å². The normalized spacial score (nSPS) is 10.1. The van der Waals surface area contributed by atoms with E-state index in [2.05, 4.69) is 6.58 Å². The van der Waals surface area contributed by atoms with Gasteiger partial charge in [-0.1, -0.05) is 12.6 Å². The summed E-state index contributed by atoms with van der Waals surface area (Å²) in [5, 5.41) is 9.77. The van der Waals surface area contributed by atoms with Crippen molar-refractivity contribution in [3.05, 3.63) is 36.1 Å². The molecule has 0 saturated heterocycles. The van der Waals surface area contributed by atoms with Gasteiger partial charge < -0.3 is 15.6 Å². The maximum Gasteiger partial charge on any atom is 0.129 e. The molecule has 0 radical (unpaired) electrons. The molecule has 0 aromatic heterocycles. The van der Waals surface area contributed by atoms with Gasteiger partial charge in [-0.3, -0.25) is 0 Å². The van der Waals surface area contributed by atoms with Crippen molar-refractivity contribution in [1.82, 2.24) is 0 Å². The number of phenols is 1. The third kappa shape index (κ3) is 3.79. The number of aromatic hydroxyl groups is 1. The average Bonchev–Trinajstić information content (AvgIpc) is 2.28. The highest BCUT2D eigenvalue weighted by Gasteiger charge is 2.04. The minimum atomic E-state index is 0.292. The predicted octanol–water partition coefficient (Wildman–Crippen LogP) is 2.15. The first kappa shape index (κ1) is 12.9. The van der Waals surface area contributed by atoms with Gasteiger partial charge in [0.05, 0.1) is 12.9 Å². The highest BCUT2D eigenvalue weighted by Crippen LogP contribution is 2.29. The van der Waals surface area contributed by atoms with Gasteiger partial charge in [0.2, 0.25) is 0 Å². The van der Waals surface area contributed by atoms with Crippen LogP contribution < -0.4 is 5.73 Å². The third-order valence-electron chi connectivity index (χ3n) is 2.09. The van der Waals surface area contributed by atoms with Crippen molar-refractivity contribution in [3.8, 4) is 5.75 Å². The van der Waals surface area contributed by atoms with Crippen LogP contribution in [0.2, 0.25) is 0 Å². The molecule has 0 unspecified atom stereocenters. The summed E-state index contributed by atoms with van der Waals surface area (Å²) in [6.45, 7) is 4.35. The Hall–Kier alpha value is -1.13. The Kier molecular flexibility index (Phi) is 5.22. The van der Waals surface area contributed by atoms with E-state index in [4.69, 9.17) is 10.5 Å². The molecule has 0 bridgehead atoms. The van der Waals surface area contributed by atoms with Gasteiger partial charge in [-0.25, -0.2) is 0 Å². The van der Waals surface area contributed by atoms with E-state index >= 15 is 0 Å². The predicted molar refractivity (Wildman–Crippen MR) is 67.7 cm³/mol. The zero-order valence-corrected chi connectivity index (χ0v) is 10.2. The SMILES string of the molecule is C=C(Cc1ccc(SCCN)c(O)c1)OC. The van der Waals surface area contributed by atoms with Crippen LogP contribution in [0.15, 0.2) is 35.4 Å². The summed E-state index contributed by atoms with van der Waals surface area (Å²) in [4.78, 5) is 0.859. The van der Waals surface area contributed by atoms with Crippen LogP contribution in [0.3, 0.4) is 0 Å². The number of hydrogen-bond donors (Lipinski definition) is 2. The number of methoxy groups -OCH3 is 1. The number of rotatable bonds is 6. The lowest BCUT2D eigenvalue weighted by atomic mass is 10.1. The van der Waals surface area contributed by atoms with Crippen molar-refractivity contribution in [2.75, 3.05) is 19.4 Å². The van der Waals surface area contributed by atoms with Crippen LogP contribution in [0.25, 0.3) is 0 Å². The monoisotopic (exact) mass is 239 g/mol. The molecule has 16 heavy (non-hydrogen) atoms. The lowest BCUT2D eigenvalue weighted by Gasteiger charge is -2.07. The molecule has 0 fully saturated rings.